The fourth-order valence-corrected chi connectivity index (χ4v) is 2.89. The summed E-state index contributed by atoms with van der Waals surface area (Å²) in [5.74, 6) is 1.05. The SMILES string of the molecule is CCc1ocnc1C(=O)N1CCC(Oc2ccnc(CNC(C)=O)c2)C1. The van der Waals surface area contributed by atoms with Crippen LogP contribution in [-0.2, 0) is 17.8 Å². The van der Waals surface area contributed by atoms with Crippen LogP contribution in [0.4, 0.5) is 0 Å². The molecule has 0 aromatic carbocycles. The first-order chi connectivity index (χ1) is 12.6. The summed E-state index contributed by atoms with van der Waals surface area (Å²) in [5, 5.41) is 2.71. The second-order valence-electron chi connectivity index (χ2n) is 6.15. The largest absolute Gasteiger partial charge is 0.488 e. The molecule has 3 heterocycles. The van der Waals surface area contributed by atoms with Crippen molar-refractivity contribution >= 4 is 11.8 Å². The zero-order valence-electron chi connectivity index (χ0n) is 14.9. The predicted octanol–water partition coefficient (Wildman–Crippen LogP) is 1.56. The lowest BCUT2D eigenvalue weighted by molar-refractivity contribution is -0.119. The maximum absolute atomic E-state index is 12.6. The molecule has 0 saturated carbocycles. The van der Waals surface area contributed by atoms with Gasteiger partial charge in [-0.3, -0.25) is 14.6 Å². The number of carbonyl (C=O) groups excluding carboxylic acids is 2. The number of aryl methyl sites for hydroxylation is 1. The van der Waals surface area contributed by atoms with Gasteiger partial charge >= 0.3 is 0 Å². The van der Waals surface area contributed by atoms with Gasteiger partial charge < -0.3 is 19.4 Å². The molecule has 1 atom stereocenters. The Bertz CT molecular complexity index is 789. The minimum absolute atomic E-state index is 0.0908. The van der Waals surface area contributed by atoms with E-state index in [9.17, 15) is 9.59 Å². The van der Waals surface area contributed by atoms with E-state index in [1.807, 2.05) is 6.92 Å². The molecule has 2 aromatic rings. The number of likely N-dealkylation sites (tertiary alicyclic amines) is 1. The smallest absolute Gasteiger partial charge is 0.276 e. The molecule has 26 heavy (non-hydrogen) atoms. The Labute approximate surface area is 151 Å². The minimum atomic E-state index is -0.122. The van der Waals surface area contributed by atoms with Crippen molar-refractivity contribution in [2.75, 3.05) is 13.1 Å². The van der Waals surface area contributed by atoms with E-state index in [1.54, 1.807) is 23.2 Å². The lowest BCUT2D eigenvalue weighted by atomic mass is 10.2. The van der Waals surface area contributed by atoms with Gasteiger partial charge in [0, 0.05) is 38.6 Å². The van der Waals surface area contributed by atoms with Gasteiger partial charge in [-0.1, -0.05) is 6.92 Å². The summed E-state index contributed by atoms with van der Waals surface area (Å²) in [4.78, 5) is 33.6. The molecule has 0 aliphatic carbocycles. The van der Waals surface area contributed by atoms with Crippen LogP contribution >= 0.6 is 0 Å². The van der Waals surface area contributed by atoms with E-state index in [-0.39, 0.29) is 17.9 Å². The van der Waals surface area contributed by atoms with Crippen molar-refractivity contribution in [1.82, 2.24) is 20.2 Å². The van der Waals surface area contributed by atoms with Crippen LogP contribution in [0.15, 0.2) is 29.1 Å². The zero-order valence-corrected chi connectivity index (χ0v) is 14.9. The van der Waals surface area contributed by atoms with Crippen molar-refractivity contribution in [3.63, 3.8) is 0 Å². The van der Waals surface area contributed by atoms with Crippen molar-refractivity contribution in [1.29, 1.82) is 0 Å². The molecule has 3 rings (SSSR count). The molecule has 8 nitrogen and oxygen atoms in total. The molecule has 2 aromatic heterocycles. The average molecular weight is 358 g/mol. The van der Waals surface area contributed by atoms with Crippen LogP contribution in [0.2, 0.25) is 0 Å². The summed E-state index contributed by atoms with van der Waals surface area (Å²) >= 11 is 0. The fraction of sp³-hybridized carbons (Fsp3) is 0.444. The Balaban J connectivity index is 1.58. The van der Waals surface area contributed by atoms with Crippen molar-refractivity contribution in [2.45, 2.75) is 39.3 Å². The summed E-state index contributed by atoms with van der Waals surface area (Å²) in [6.45, 7) is 4.85. The third-order valence-corrected chi connectivity index (χ3v) is 4.21. The Kier molecular flexibility index (Phi) is 5.50. The van der Waals surface area contributed by atoms with E-state index >= 15 is 0 Å². The maximum atomic E-state index is 12.6. The van der Waals surface area contributed by atoms with E-state index in [2.05, 4.69) is 15.3 Å². The third kappa shape index (κ3) is 4.19. The molecular formula is C18H22N4O4. The van der Waals surface area contributed by atoms with Crippen LogP contribution in [0.3, 0.4) is 0 Å². The van der Waals surface area contributed by atoms with Crippen molar-refractivity contribution < 1.29 is 18.7 Å². The number of hydrogen-bond donors (Lipinski definition) is 1. The lowest BCUT2D eigenvalue weighted by Gasteiger charge is -2.17. The Morgan fingerprint density at radius 1 is 1.42 bits per heavy atom. The molecule has 1 aliphatic rings. The van der Waals surface area contributed by atoms with Gasteiger partial charge in [-0.05, 0) is 6.07 Å². The molecule has 2 amide bonds. The number of carbonyl (C=O) groups is 2. The quantitative estimate of drug-likeness (QED) is 0.842. The van der Waals surface area contributed by atoms with Gasteiger partial charge in [0.05, 0.1) is 18.8 Å². The number of oxazole rings is 1. The van der Waals surface area contributed by atoms with Crippen LogP contribution < -0.4 is 10.1 Å². The summed E-state index contributed by atoms with van der Waals surface area (Å²) in [6.07, 6.45) is 4.24. The van der Waals surface area contributed by atoms with Gasteiger partial charge in [-0.2, -0.15) is 0 Å². The predicted molar refractivity (Wildman–Crippen MR) is 92.6 cm³/mol. The summed E-state index contributed by atoms with van der Waals surface area (Å²) < 4.78 is 11.2. The van der Waals surface area contributed by atoms with Crippen LogP contribution in [-0.4, -0.2) is 45.9 Å². The molecule has 1 aliphatic heterocycles. The minimum Gasteiger partial charge on any atom is -0.488 e. The van der Waals surface area contributed by atoms with Crippen LogP contribution in [0.5, 0.6) is 5.75 Å². The van der Waals surface area contributed by atoms with E-state index in [1.165, 1.54) is 13.3 Å². The molecule has 1 N–H and O–H groups in total. The van der Waals surface area contributed by atoms with Gasteiger partial charge in [0.1, 0.15) is 17.6 Å². The Hall–Kier alpha value is -2.90. The fourth-order valence-electron chi connectivity index (χ4n) is 2.89. The number of pyridine rings is 1. The first kappa shape index (κ1) is 17.9. The molecule has 0 bridgehead atoms. The topological polar surface area (TPSA) is 97.6 Å². The zero-order chi connectivity index (χ0) is 18.5. The number of rotatable bonds is 6. The normalized spacial score (nSPS) is 16.5. The summed E-state index contributed by atoms with van der Waals surface area (Å²) in [5.41, 5.74) is 1.11. The van der Waals surface area contributed by atoms with E-state index in [0.717, 1.165) is 12.1 Å². The van der Waals surface area contributed by atoms with Gasteiger partial charge in [0.2, 0.25) is 5.91 Å². The van der Waals surface area contributed by atoms with Crippen LogP contribution in [0, 0.1) is 0 Å². The van der Waals surface area contributed by atoms with Crippen molar-refractivity contribution in [3.8, 4) is 5.75 Å². The second-order valence-corrected chi connectivity index (χ2v) is 6.15. The monoisotopic (exact) mass is 358 g/mol. The number of hydrogen-bond acceptors (Lipinski definition) is 6. The maximum Gasteiger partial charge on any atom is 0.276 e. The molecule has 0 radical (unpaired) electrons. The first-order valence-corrected chi connectivity index (χ1v) is 8.64. The molecule has 1 fully saturated rings. The van der Waals surface area contributed by atoms with Gasteiger partial charge in [0.25, 0.3) is 5.91 Å². The van der Waals surface area contributed by atoms with Crippen LogP contribution in [0.25, 0.3) is 0 Å². The van der Waals surface area contributed by atoms with Gasteiger partial charge in [0.15, 0.2) is 12.1 Å². The van der Waals surface area contributed by atoms with E-state index < -0.39 is 0 Å². The molecular weight excluding hydrogens is 336 g/mol. The van der Waals surface area contributed by atoms with Crippen molar-refractivity contribution in [3.05, 3.63) is 41.9 Å². The van der Waals surface area contributed by atoms with Crippen molar-refractivity contribution in [2.24, 2.45) is 0 Å². The number of nitrogens with zero attached hydrogens (tertiary/aromatic N) is 3. The number of aromatic nitrogens is 2. The summed E-state index contributed by atoms with van der Waals surface area (Å²) in [7, 11) is 0. The highest BCUT2D eigenvalue weighted by atomic mass is 16.5. The highest BCUT2D eigenvalue weighted by molar-refractivity contribution is 5.93. The average Bonchev–Trinajstić information content (AvgIpc) is 3.29. The highest BCUT2D eigenvalue weighted by Crippen LogP contribution is 2.21. The number of amides is 2. The van der Waals surface area contributed by atoms with Gasteiger partial charge in [-0.15, -0.1) is 0 Å². The molecule has 8 heteroatoms. The Morgan fingerprint density at radius 2 is 2.27 bits per heavy atom. The summed E-state index contributed by atoms with van der Waals surface area (Å²) in [6, 6.07) is 3.57. The van der Waals surface area contributed by atoms with Crippen LogP contribution in [0.1, 0.15) is 42.2 Å². The standard InChI is InChI=1S/C18H22N4O4/c1-3-16-17(21-11-25-16)18(24)22-7-5-15(10-22)26-14-4-6-19-13(8-14)9-20-12(2)23/h4,6,8,11,15H,3,5,7,9-10H2,1-2H3,(H,20,23). The third-order valence-electron chi connectivity index (χ3n) is 4.21. The second kappa shape index (κ2) is 7.99. The molecule has 138 valence electrons. The molecule has 0 spiro atoms. The van der Waals surface area contributed by atoms with Gasteiger partial charge in [-0.25, -0.2) is 4.98 Å². The highest BCUT2D eigenvalue weighted by Gasteiger charge is 2.30. The first-order valence-electron chi connectivity index (χ1n) is 8.64. The number of nitrogens with one attached hydrogen (secondary N) is 1. The molecule has 1 unspecified atom stereocenters. The van der Waals surface area contributed by atoms with E-state index in [0.29, 0.717) is 43.3 Å². The number of ether oxygens (including phenoxy) is 1. The molecule has 1 saturated heterocycles. The lowest BCUT2D eigenvalue weighted by Crippen LogP contribution is -2.31. The Morgan fingerprint density at radius 3 is 3.04 bits per heavy atom. The van der Waals surface area contributed by atoms with E-state index in [4.69, 9.17) is 9.15 Å².